The highest BCUT2D eigenvalue weighted by molar-refractivity contribution is 5.78. The molecular weight excluding hydrogens is 218 g/mol. The van der Waals surface area contributed by atoms with Gasteiger partial charge in [0.2, 0.25) is 0 Å². The minimum atomic E-state index is -0.0942. The van der Waals surface area contributed by atoms with E-state index in [1.807, 2.05) is 13.8 Å². The lowest BCUT2D eigenvalue weighted by Crippen LogP contribution is -2.27. The number of aryl methyl sites for hydroxylation is 2. The zero-order valence-corrected chi connectivity index (χ0v) is 10.6. The Morgan fingerprint density at radius 1 is 1.29 bits per heavy atom. The van der Waals surface area contributed by atoms with Crippen molar-refractivity contribution in [1.29, 1.82) is 0 Å². The van der Waals surface area contributed by atoms with Crippen LogP contribution in [0.2, 0.25) is 0 Å². The Hall–Kier alpha value is -1.84. The van der Waals surface area contributed by atoms with E-state index in [1.165, 1.54) is 4.90 Å². The highest BCUT2D eigenvalue weighted by Gasteiger charge is 2.09. The summed E-state index contributed by atoms with van der Waals surface area (Å²) in [4.78, 5) is 23.6. The molecule has 0 saturated carbocycles. The van der Waals surface area contributed by atoms with Crippen molar-refractivity contribution in [2.45, 2.75) is 13.8 Å². The van der Waals surface area contributed by atoms with Crippen molar-refractivity contribution in [3.05, 3.63) is 28.8 Å². The van der Waals surface area contributed by atoms with Crippen molar-refractivity contribution < 1.29 is 14.3 Å². The van der Waals surface area contributed by atoms with Crippen LogP contribution in [-0.4, -0.2) is 37.8 Å². The summed E-state index contributed by atoms with van der Waals surface area (Å²) in [5, 5.41) is 0. The summed E-state index contributed by atoms with van der Waals surface area (Å²) >= 11 is 0. The molecule has 0 unspecified atom stereocenters. The van der Waals surface area contributed by atoms with Gasteiger partial charge in [-0.15, -0.1) is 0 Å². The second kappa shape index (κ2) is 5.48. The number of amides is 1. The summed E-state index contributed by atoms with van der Waals surface area (Å²) in [6, 6.07) is 3.49. The third-order valence-corrected chi connectivity index (χ3v) is 2.46. The number of ether oxygens (including phenoxy) is 1. The number of hydrogen-bond acceptors (Lipinski definition) is 3. The third-order valence-electron chi connectivity index (χ3n) is 2.46. The van der Waals surface area contributed by atoms with Crippen LogP contribution in [0, 0.1) is 13.8 Å². The topological polar surface area (TPSA) is 46.6 Å². The fourth-order valence-electron chi connectivity index (χ4n) is 1.54. The van der Waals surface area contributed by atoms with E-state index in [4.69, 9.17) is 4.74 Å². The molecule has 0 atom stereocenters. The molecule has 4 heteroatoms. The van der Waals surface area contributed by atoms with Gasteiger partial charge < -0.3 is 9.64 Å². The van der Waals surface area contributed by atoms with E-state index in [0.29, 0.717) is 11.3 Å². The maximum absolute atomic E-state index is 11.4. The van der Waals surface area contributed by atoms with Gasteiger partial charge in [-0.1, -0.05) is 0 Å². The van der Waals surface area contributed by atoms with Crippen LogP contribution in [0.15, 0.2) is 12.1 Å². The third kappa shape index (κ3) is 3.31. The zero-order valence-electron chi connectivity index (χ0n) is 10.6. The molecule has 1 aromatic carbocycles. The van der Waals surface area contributed by atoms with E-state index in [-0.39, 0.29) is 12.5 Å². The number of nitrogens with zero attached hydrogens (tertiary/aromatic N) is 1. The van der Waals surface area contributed by atoms with Crippen LogP contribution in [0.25, 0.3) is 0 Å². The average molecular weight is 235 g/mol. The minimum Gasteiger partial charge on any atom is -0.483 e. The number of rotatable bonds is 4. The first-order chi connectivity index (χ1) is 7.95. The van der Waals surface area contributed by atoms with E-state index >= 15 is 0 Å². The monoisotopic (exact) mass is 235 g/mol. The number of carbonyl (C=O) groups is 2. The Bertz CT molecular complexity index is 415. The van der Waals surface area contributed by atoms with Gasteiger partial charge in [-0.05, 0) is 37.1 Å². The quantitative estimate of drug-likeness (QED) is 0.744. The highest BCUT2D eigenvalue weighted by Crippen LogP contribution is 2.24. The zero-order chi connectivity index (χ0) is 13.0. The molecule has 0 saturated heterocycles. The summed E-state index contributed by atoms with van der Waals surface area (Å²) in [7, 11) is 3.36. The second-order valence-electron chi connectivity index (χ2n) is 4.18. The van der Waals surface area contributed by atoms with Crippen LogP contribution in [0.1, 0.15) is 21.5 Å². The summed E-state index contributed by atoms with van der Waals surface area (Å²) in [5.74, 6) is 0.578. The molecule has 0 aliphatic carbocycles. The van der Waals surface area contributed by atoms with Gasteiger partial charge in [0.1, 0.15) is 12.0 Å². The van der Waals surface area contributed by atoms with Gasteiger partial charge in [-0.3, -0.25) is 9.59 Å². The van der Waals surface area contributed by atoms with Crippen LogP contribution in [0.4, 0.5) is 0 Å². The first kappa shape index (κ1) is 13.2. The standard InChI is InChI=1S/C13H17NO3/c1-9-5-11(7-15)6-10(2)13(9)17-8-12(16)14(3)4/h5-7H,8H2,1-4H3. The van der Waals surface area contributed by atoms with Gasteiger partial charge in [0.15, 0.2) is 6.61 Å². The van der Waals surface area contributed by atoms with E-state index in [1.54, 1.807) is 26.2 Å². The fourth-order valence-corrected chi connectivity index (χ4v) is 1.54. The molecule has 0 aliphatic rings. The first-order valence-electron chi connectivity index (χ1n) is 5.35. The SMILES string of the molecule is Cc1cc(C=O)cc(C)c1OCC(=O)N(C)C. The summed E-state index contributed by atoms with van der Waals surface area (Å²) in [5.41, 5.74) is 2.34. The molecule has 0 aromatic heterocycles. The number of aldehydes is 1. The molecule has 0 N–H and O–H groups in total. The summed E-state index contributed by atoms with van der Waals surface area (Å²) in [6.45, 7) is 3.72. The van der Waals surface area contributed by atoms with Crippen molar-refractivity contribution in [1.82, 2.24) is 4.90 Å². The van der Waals surface area contributed by atoms with Crippen molar-refractivity contribution in [2.75, 3.05) is 20.7 Å². The predicted molar refractivity (Wildman–Crippen MR) is 65.5 cm³/mol. The van der Waals surface area contributed by atoms with Gasteiger partial charge >= 0.3 is 0 Å². The Morgan fingerprint density at radius 3 is 2.24 bits per heavy atom. The number of carbonyl (C=O) groups excluding carboxylic acids is 2. The maximum Gasteiger partial charge on any atom is 0.259 e. The second-order valence-corrected chi connectivity index (χ2v) is 4.18. The fraction of sp³-hybridized carbons (Fsp3) is 0.385. The minimum absolute atomic E-state index is 0.00904. The van der Waals surface area contributed by atoms with Crippen LogP contribution in [-0.2, 0) is 4.79 Å². The van der Waals surface area contributed by atoms with Crippen molar-refractivity contribution >= 4 is 12.2 Å². The molecule has 1 aromatic rings. The smallest absolute Gasteiger partial charge is 0.259 e. The molecule has 0 aliphatic heterocycles. The van der Waals surface area contributed by atoms with E-state index in [9.17, 15) is 9.59 Å². The molecule has 1 rings (SSSR count). The van der Waals surface area contributed by atoms with Gasteiger partial charge in [0.05, 0.1) is 0 Å². The number of hydrogen-bond donors (Lipinski definition) is 0. The normalized spacial score (nSPS) is 9.88. The largest absolute Gasteiger partial charge is 0.483 e. The molecule has 0 fully saturated rings. The lowest BCUT2D eigenvalue weighted by molar-refractivity contribution is -0.130. The predicted octanol–water partition coefficient (Wildman–Crippen LogP) is 1.58. The Balaban J connectivity index is 2.85. The molecule has 92 valence electrons. The van der Waals surface area contributed by atoms with Crippen LogP contribution in [0.3, 0.4) is 0 Å². The van der Waals surface area contributed by atoms with E-state index in [0.717, 1.165) is 17.4 Å². The maximum atomic E-state index is 11.4. The molecule has 0 spiro atoms. The molecule has 0 bridgehead atoms. The molecule has 1 amide bonds. The van der Waals surface area contributed by atoms with Gasteiger partial charge in [-0.2, -0.15) is 0 Å². The van der Waals surface area contributed by atoms with E-state index in [2.05, 4.69) is 0 Å². The number of benzene rings is 1. The lowest BCUT2D eigenvalue weighted by atomic mass is 10.1. The van der Waals surface area contributed by atoms with Crippen LogP contribution < -0.4 is 4.74 Å². The Morgan fingerprint density at radius 2 is 1.82 bits per heavy atom. The first-order valence-corrected chi connectivity index (χ1v) is 5.35. The Labute approximate surface area is 101 Å². The van der Waals surface area contributed by atoms with Gasteiger partial charge in [0, 0.05) is 19.7 Å². The van der Waals surface area contributed by atoms with E-state index < -0.39 is 0 Å². The van der Waals surface area contributed by atoms with Gasteiger partial charge in [0.25, 0.3) is 5.91 Å². The van der Waals surface area contributed by atoms with Crippen LogP contribution in [0.5, 0.6) is 5.75 Å². The average Bonchev–Trinajstić information content (AvgIpc) is 2.27. The molecule has 4 nitrogen and oxygen atoms in total. The van der Waals surface area contributed by atoms with Crippen molar-refractivity contribution in [3.8, 4) is 5.75 Å². The van der Waals surface area contributed by atoms with Crippen LogP contribution >= 0.6 is 0 Å². The Kier molecular flexibility index (Phi) is 4.26. The highest BCUT2D eigenvalue weighted by atomic mass is 16.5. The van der Waals surface area contributed by atoms with Crippen molar-refractivity contribution in [3.63, 3.8) is 0 Å². The van der Waals surface area contributed by atoms with Crippen molar-refractivity contribution in [2.24, 2.45) is 0 Å². The lowest BCUT2D eigenvalue weighted by Gasteiger charge is -2.15. The molecule has 17 heavy (non-hydrogen) atoms. The molecular formula is C13H17NO3. The number of likely N-dealkylation sites (N-methyl/N-ethyl adjacent to an activating group) is 1. The summed E-state index contributed by atoms with van der Waals surface area (Å²) < 4.78 is 5.48. The molecule has 0 heterocycles. The van der Waals surface area contributed by atoms with Gasteiger partial charge in [-0.25, -0.2) is 0 Å². The summed E-state index contributed by atoms with van der Waals surface area (Å²) in [6.07, 6.45) is 0.800. The molecule has 0 radical (unpaired) electrons.